The van der Waals surface area contributed by atoms with Crippen molar-refractivity contribution in [1.82, 2.24) is 5.43 Å². The van der Waals surface area contributed by atoms with Gasteiger partial charge >= 0.3 is 0 Å². The standard InChI is InChI=1S/C20H19Cl2N3O3/c1-12(24-25-20(27)13-5-6-13)14-3-2-4-16(9-14)23-19(26)11-28-18-8-7-15(21)10-17(18)22/h2-4,7-10,13H,5-6,11H2,1H3,(H,23,26)(H,25,27)/b24-12-. The SMILES string of the molecule is C/C(=N/NC(=O)C1CC1)c1cccc(NC(=O)COc2ccc(Cl)cc2Cl)c1. The van der Waals surface area contributed by atoms with Gasteiger partial charge in [0.1, 0.15) is 5.75 Å². The van der Waals surface area contributed by atoms with Crippen molar-refractivity contribution in [2.45, 2.75) is 19.8 Å². The molecule has 0 aliphatic heterocycles. The van der Waals surface area contributed by atoms with E-state index in [0.717, 1.165) is 18.4 Å². The Morgan fingerprint density at radius 2 is 1.96 bits per heavy atom. The number of amides is 2. The second-order valence-corrected chi connectivity index (χ2v) is 7.28. The van der Waals surface area contributed by atoms with Gasteiger partial charge in [0.05, 0.1) is 10.7 Å². The zero-order valence-electron chi connectivity index (χ0n) is 15.2. The molecule has 1 saturated carbocycles. The lowest BCUT2D eigenvalue weighted by Gasteiger charge is -2.10. The van der Waals surface area contributed by atoms with Crippen molar-refractivity contribution in [3.05, 3.63) is 58.1 Å². The molecule has 1 aliphatic carbocycles. The summed E-state index contributed by atoms with van der Waals surface area (Å²) in [6, 6.07) is 12.0. The summed E-state index contributed by atoms with van der Waals surface area (Å²) in [5.74, 6) is 0.0854. The Labute approximate surface area is 172 Å². The first kappa shape index (κ1) is 20.2. The number of ether oxygens (including phenoxy) is 1. The van der Waals surface area contributed by atoms with Crippen molar-refractivity contribution in [3.63, 3.8) is 0 Å². The molecule has 3 rings (SSSR count). The van der Waals surface area contributed by atoms with Crippen LogP contribution in [0.15, 0.2) is 47.6 Å². The van der Waals surface area contributed by atoms with Gasteiger partial charge in [-0.2, -0.15) is 5.10 Å². The van der Waals surface area contributed by atoms with E-state index in [4.69, 9.17) is 27.9 Å². The van der Waals surface area contributed by atoms with Crippen molar-refractivity contribution in [1.29, 1.82) is 0 Å². The van der Waals surface area contributed by atoms with E-state index in [9.17, 15) is 9.59 Å². The monoisotopic (exact) mass is 419 g/mol. The summed E-state index contributed by atoms with van der Waals surface area (Å²) in [6.45, 7) is 1.59. The van der Waals surface area contributed by atoms with Crippen molar-refractivity contribution >= 4 is 46.4 Å². The maximum absolute atomic E-state index is 12.1. The number of carbonyl (C=O) groups is 2. The van der Waals surface area contributed by atoms with Gasteiger partial charge in [0.2, 0.25) is 5.91 Å². The molecule has 0 bridgehead atoms. The molecule has 1 fully saturated rings. The summed E-state index contributed by atoms with van der Waals surface area (Å²) in [6.07, 6.45) is 1.84. The summed E-state index contributed by atoms with van der Waals surface area (Å²) in [7, 11) is 0. The molecule has 0 spiro atoms. The summed E-state index contributed by atoms with van der Waals surface area (Å²) >= 11 is 11.9. The van der Waals surface area contributed by atoms with Gasteiger partial charge in [-0.15, -0.1) is 0 Å². The highest BCUT2D eigenvalue weighted by Crippen LogP contribution is 2.29. The molecular formula is C20H19Cl2N3O3. The van der Waals surface area contributed by atoms with Gasteiger partial charge in [-0.1, -0.05) is 35.3 Å². The van der Waals surface area contributed by atoms with Crippen molar-refractivity contribution < 1.29 is 14.3 Å². The van der Waals surface area contributed by atoms with Gasteiger partial charge in [-0.25, -0.2) is 5.43 Å². The molecule has 2 N–H and O–H groups in total. The predicted molar refractivity (Wildman–Crippen MR) is 110 cm³/mol. The Hall–Kier alpha value is -2.57. The Kier molecular flexibility index (Phi) is 6.54. The zero-order valence-corrected chi connectivity index (χ0v) is 16.7. The van der Waals surface area contributed by atoms with Crippen LogP contribution in [0, 0.1) is 5.92 Å². The molecule has 2 aromatic rings. The van der Waals surface area contributed by atoms with Gasteiger partial charge in [0.15, 0.2) is 6.61 Å². The van der Waals surface area contributed by atoms with Crippen LogP contribution in [0.5, 0.6) is 5.75 Å². The van der Waals surface area contributed by atoms with E-state index < -0.39 is 0 Å². The Bertz CT molecular complexity index is 927. The number of anilines is 1. The number of rotatable bonds is 7. The average Bonchev–Trinajstić information content (AvgIpc) is 3.50. The number of hydrogen-bond acceptors (Lipinski definition) is 4. The molecule has 146 valence electrons. The van der Waals surface area contributed by atoms with Gasteiger partial charge < -0.3 is 10.1 Å². The molecule has 2 aromatic carbocycles. The van der Waals surface area contributed by atoms with Crippen LogP contribution in [-0.4, -0.2) is 24.1 Å². The van der Waals surface area contributed by atoms with Crippen LogP contribution in [0.1, 0.15) is 25.3 Å². The molecule has 8 heteroatoms. The van der Waals surface area contributed by atoms with Crippen LogP contribution in [0.3, 0.4) is 0 Å². The minimum atomic E-state index is -0.334. The van der Waals surface area contributed by atoms with E-state index in [2.05, 4.69) is 15.8 Å². The van der Waals surface area contributed by atoms with E-state index in [0.29, 0.717) is 27.2 Å². The summed E-state index contributed by atoms with van der Waals surface area (Å²) in [4.78, 5) is 23.8. The van der Waals surface area contributed by atoms with E-state index >= 15 is 0 Å². The maximum atomic E-state index is 12.1. The molecule has 6 nitrogen and oxygen atoms in total. The van der Waals surface area contributed by atoms with Gasteiger partial charge in [0.25, 0.3) is 5.91 Å². The minimum absolute atomic E-state index is 0.0539. The highest BCUT2D eigenvalue weighted by atomic mass is 35.5. The fraction of sp³-hybridized carbons (Fsp3) is 0.250. The second kappa shape index (κ2) is 9.08. The Balaban J connectivity index is 1.56. The number of hydrogen-bond donors (Lipinski definition) is 2. The average molecular weight is 420 g/mol. The summed E-state index contributed by atoms with van der Waals surface area (Å²) < 4.78 is 5.42. The largest absolute Gasteiger partial charge is 0.482 e. The molecule has 0 saturated heterocycles. The lowest BCUT2D eigenvalue weighted by molar-refractivity contribution is -0.122. The summed E-state index contributed by atoms with van der Waals surface area (Å²) in [5.41, 5.74) is 4.60. The van der Waals surface area contributed by atoms with Crippen LogP contribution in [-0.2, 0) is 9.59 Å². The fourth-order valence-electron chi connectivity index (χ4n) is 2.39. The van der Waals surface area contributed by atoms with Crippen LogP contribution >= 0.6 is 23.2 Å². The highest BCUT2D eigenvalue weighted by molar-refractivity contribution is 6.35. The Morgan fingerprint density at radius 3 is 2.68 bits per heavy atom. The first-order valence-corrected chi connectivity index (χ1v) is 9.50. The third-order valence-electron chi connectivity index (χ3n) is 4.10. The van der Waals surface area contributed by atoms with Gasteiger partial charge in [-0.05, 0) is 55.7 Å². The molecule has 2 amide bonds. The van der Waals surface area contributed by atoms with E-state index in [1.807, 2.05) is 6.07 Å². The molecule has 28 heavy (non-hydrogen) atoms. The smallest absolute Gasteiger partial charge is 0.262 e. The van der Waals surface area contributed by atoms with Crippen molar-refractivity contribution in [2.24, 2.45) is 11.0 Å². The molecule has 0 radical (unpaired) electrons. The number of hydrazone groups is 1. The van der Waals surface area contributed by atoms with Crippen LogP contribution in [0.25, 0.3) is 0 Å². The summed E-state index contributed by atoms with van der Waals surface area (Å²) in [5, 5.41) is 7.70. The quantitative estimate of drug-likeness (QED) is 0.519. The number of nitrogens with one attached hydrogen (secondary N) is 2. The van der Waals surface area contributed by atoms with Crippen molar-refractivity contribution in [2.75, 3.05) is 11.9 Å². The molecule has 0 heterocycles. The van der Waals surface area contributed by atoms with E-state index in [1.165, 1.54) is 0 Å². The first-order valence-electron chi connectivity index (χ1n) is 8.74. The topological polar surface area (TPSA) is 79.8 Å². The predicted octanol–water partition coefficient (Wildman–Crippen LogP) is 4.26. The third-order valence-corrected chi connectivity index (χ3v) is 4.63. The first-order chi connectivity index (χ1) is 13.4. The van der Waals surface area contributed by atoms with Crippen molar-refractivity contribution in [3.8, 4) is 5.75 Å². The number of benzene rings is 2. The van der Waals surface area contributed by atoms with E-state index in [1.54, 1.807) is 43.3 Å². The van der Waals surface area contributed by atoms with E-state index in [-0.39, 0.29) is 24.3 Å². The molecule has 1 aliphatic rings. The zero-order chi connectivity index (χ0) is 20.1. The Morgan fingerprint density at radius 1 is 1.18 bits per heavy atom. The van der Waals surface area contributed by atoms with Crippen LogP contribution in [0.2, 0.25) is 10.0 Å². The lowest BCUT2D eigenvalue weighted by Crippen LogP contribution is -2.21. The fourth-order valence-corrected chi connectivity index (χ4v) is 2.86. The molecule has 0 unspecified atom stereocenters. The van der Waals surface area contributed by atoms with Gasteiger partial charge in [0, 0.05) is 16.6 Å². The number of halogens is 2. The van der Waals surface area contributed by atoms with Crippen LogP contribution < -0.4 is 15.5 Å². The highest BCUT2D eigenvalue weighted by Gasteiger charge is 2.29. The van der Waals surface area contributed by atoms with Crippen LogP contribution in [0.4, 0.5) is 5.69 Å². The maximum Gasteiger partial charge on any atom is 0.262 e. The lowest BCUT2D eigenvalue weighted by atomic mass is 10.1. The second-order valence-electron chi connectivity index (χ2n) is 6.44. The molecule has 0 atom stereocenters. The normalized spacial score (nSPS) is 13.8. The van der Waals surface area contributed by atoms with Gasteiger partial charge in [-0.3, -0.25) is 9.59 Å². The number of nitrogens with zero attached hydrogens (tertiary/aromatic N) is 1. The third kappa shape index (κ3) is 5.71. The minimum Gasteiger partial charge on any atom is -0.482 e. The molecular weight excluding hydrogens is 401 g/mol. The number of carbonyl (C=O) groups excluding carboxylic acids is 2. The molecule has 0 aromatic heterocycles.